The van der Waals surface area contributed by atoms with E-state index in [4.69, 9.17) is 9.47 Å². The number of ether oxygens (including phenoxy) is 2. The maximum atomic E-state index is 12.8. The quantitative estimate of drug-likeness (QED) is 0.619. The molecule has 0 saturated carbocycles. The third kappa shape index (κ3) is 5.47. The summed E-state index contributed by atoms with van der Waals surface area (Å²) in [5.74, 6) is 0.464. The number of benzene rings is 3. The van der Waals surface area contributed by atoms with Gasteiger partial charge in [0.25, 0.3) is 0 Å². The van der Waals surface area contributed by atoms with E-state index >= 15 is 0 Å². The van der Waals surface area contributed by atoms with Crippen LogP contribution in [0.4, 0.5) is 26.2 Å². The number of hydrogen-bond donors (Lipinski definition) is 2. The van der Waals surface area contributed by atoms with Crippen molar-refractivity contribution in [3.63, 3.8) is 0 Å². The average Bonchev–Trinajstić information content (AvgIpc) is 2.70. The summed E-state index contributed by atoms with van der Waals surface area (Å²) in [7, 11) is 1.62. The fourth-order valence-electron chi connectivity index (χ4n) is 2.36. The van der Waals surface area contributed by atoms with Crippen LogP contribution in [0.25, 0.3) is 0 Å². The highest BCUT2D eigenvalue weighted by atomic mass is 19.1. The highest BCUT2D eigenvalue weighted by molar-refractivity contribution is 5.85. The molecule has 0 aliphatic rings. The molecular weight excluding hydrogens is 347 g/mol. The second kappa shape index (κ2) is 8.71. The van der Waals surface area contributed by atoms with Crippen molar-refractivity contribution in [1.82, 2.24) is 0 Å². The van der Waals surface area contributed by atoms with E-state index in [2.05, 4.69) is 10.6 Å². The molecule has 0 saturated heterocycles. The molecule has 2 N–H and O–H groups in total. The van der Waals surface area contributed by atoms with Crippen LogP contribution in [-0.2, 0) is 11.3 Å². The van der Waals surface area contributed by atoms with E-state index in [1.54, 1.807) is 31.4 Å². The zero-order chi connectivity index (χ0) is 19.1. The van der Waals surface area contributed by atoms with Gasteiger partial charge in [-0.2, -0.15) is 0 Å². The lowest BCUT2D eigenvalue weighted by Crippen LogP contribution is -2.13. The molecule has 3 aromatic carbocycles. The Morgan fingerprint density at radius 1 is 0.852 bits per heavy atom. The molecule has 0 aliphatic carbocycles. The first kappa shape index (κ1) is 18.3. The second-order valence-electron chi connectivity index (χ2n) is 5.76. The summed E-state index contributed by atoms with van der Waals surface area (Å²) in [6.07, 6.45) is -0.574. The molecule has 0 aromatic heterocycles. The predicted octanol–water partition coefficient (Wildman–Crippen LogP) is 5.33. The number of methoxy groups -OCH3 is 1. The van der Waals surface area contributed by atoms with Crippen LogP contribution in [0.2, 0.25) is 0 Å². The normalized spacial score (nSPS) is 10.1. The highest BCUT2D eigenvalue weighted by Crippen LogP contribution is 2.21. The molecular formula is C21H19FN2O3. The van der Waals surface area contributed by atoms with Gasteiger partial charge in [-0.15, -0.1) is 0 Å². The predicted molar refractivity (Wildman–Crippen MR) is 103 cm³/mol. The lowest BCUT2D eigenvalue weighted by Gasteiger charge is -2.10. The largest absolute Gasteiger partial charge is 0.497 e. The van der Waals surface area contributed by atoms with Gasteiger partial charge in [-0.25, -0.2) is 9.18 Å². The minimum absolute atomic E-state index is 0.0726. The Hall–Kier alpha value is -3.54. The maximum Gasteiger partial charge on any atom is 0.411 e. The summed E-state index contributed by atoms with van der Waals surface area (Å²) in [4.78, 5) is 11.9. The summed E-state index contributed by atoms with van der Waals surface area (Å²) in [6, 6.07) is 20.6. The van der Waals surface area contributed by atoms with Crippen LogP contribution in [-0.4, -0.2) is 13.2 Å². The average molecular weight is 366 g/mol. The molecule has 0 radical (unpaired) electrons. The van der Waals surface area contributed by atoms with Crippen molar-refractivity contribution in [3.8, 4) is 5.75 Å². The Morgan fingerprint density at radius 2 is 1.41 bits per heavy atom. The monoisotopic (exact) mass is 366 g/mol. The second-order valence-corrected chi connectivity index (χ2v) is 5.76. The summed E-state index contributed by atoms with van der Waals surface area (Å²) >= 11 is 0. The third-order valence-electron chi connectivity index (χ3n) is 3.79. The van der Waals surface area contributed by atoms with Crippen LogP contribution in [0.15, 0.2) is 72.8 Å². The minimum atomic E-state index is -0.574. The van der Waals surface area contributed by atoms with Gasteiger partial charge in [0.05, 0.1) is 7.11 Å². The number of carbonyl (C=O) groups excluding carboxylic acids is 1. The number of hydrogen-bond acceptors (Lipinski definition) is 4. The van der Waals surface area contributed by atoms with Crippen molar-refractivity contribution in [3.05, 3.63) is 84.2 Å². The first-order chi connectivity index (χ1) is 13.1. The Labute approximate surface area is 156 Å². The lowest BCUT2D eigenvalue weighted by atomic mass is 10.2. The fourth-order valence-corrected chi connectivity index (χ4v) is 2.36. The molecule has 3 rings (SSSR count). The van der Waals surface area contributed by atoms with E-state index in [0.717, 1.165) is 17.1 Å². The van der Waals surface area contributed by atoms with Crippen molar-refractivity contribution in [2.75, 3.05) is 17.7 Å². The van der Waals surface area contributed by atoms with Gasteiger partial charge >= 0.3 is 6.09 Å². The van der Waals surface area contributed by atoms with Gasteiger partial charge in [0, 0.05) is 17.1 Å². The number of amides is 1. The van der Waals surface area contributed by atoms with Crippen molar-refractivity contribution in [1.29, 1.82) is 0 Å². The van der Waals surface area contributed by atoms with Crippen LogP contribution in [0.5, 0.6) is 5.75 Å². The van der Waals surface area contributed by atoms with Gasteiger partial charge in [-0.3, -0.25) is 5.32 Å². The summed E-state index contributed by atoms with van der Waals surface area (Å²) in [5, 5.41) is 5.91. The van der Waals surface area contributed by atoms with E-state index in [-0.39, 0.29) is 12.4 Å². The van der Waals surface area contributed by atoms with E-state index in [0.29, 0.717) is 11.3 Å². The number of carbonyl (C=O) groups is 1. The lowest BCUT2D eigenvalue weighted by molar-refractivity contribution is 0.155. The SMILES string of the molecule is COc1ccc(Nc2ccc(NC(=O)OCc3ccc(F)cc3)cc2)cc1. The molecule has 0 bridgehead atoms. The molecule has 3 aromatic rings. The molecule has 0 atom stereocenters. The van der Waals surface area contributed by atoms with Crippen molar-refractivity contribution in [2.24, 2.45) is 0 Å². The molecule has 6 heteroatoms. The van der Waals surface area contributed by atoms with Gasteiger partial charge in [0.15, 0.2) is 0 Å². The zero-order valence-corrected chi connectivity index (χ0v) is 14.7. The van der Waals surface area contributed by atoms with Crippen LogP contribution in [0, 0.1) is 5.82 Å². The Kier molecular flexibility index (Phi) is 5.89. The molecule has 0 unspecified atom stereocenters. The smallest absolute Gasteiger partial charge is 0.411 e. The van der Waals surface area contributed by atoms with Crippen molar-refractivity contribution in [2.45, 2.75) is 6.61 Å². The highest BCUT2D eigenvalue weighted by Gasteiger charge is 2.04. The molecule has 27 heavy (non-hydrogen) atoms. The molecule has 138 valence electrons. The maximum absolute atomic E-state index is 12.8. The number of anilines is 3. The van der Waals surface area contributed by atoms with Crippen LogP contribution in [0.1, 0.15) is 5.56 Å². The third-order valence-corrected chi connectivity index (χ3v) is 3.79. The van der Waals surface area contributed by atoms with E-state index < -0.39 is 6.09 Å². The van der Waals surface area contributed by atoms with Gasteiger partial charge in [-0.05, 0) is 66.2 Å². The Balaban J connectivity index is 1.50. The first-order valence-corrected chi connectivity index (χ1v) is 8.32. The number of nitrogens with one attached hydrogen (secondary N) is 2. The van der Waals surface area contributed by atoms with Crippen molar-refractivity contribution < 1.29 is 18.7 Å². The molecule has 0 spiro atoms. The topological polar surface area (TPSA) is 59.6 Å². The van der Waals surface area contributed by atoms with E-state index in [9.17, 15) is 9.18 Å². The summed E-state index contributed by atoms with van der Waals surface area (Å²) in [6.45, 7) is 0.0726. The van der Waals surface area contributed by atoms with Crippen LogP contribution >= 0.6 is 0 Å². The van der Waals surface area contributed by atoms with Gasteiger partial charge in [0.2, 0.25) is 0 Å². The van der Waals surface area contributed by atoms with Gasteiger partial charge < -0.3 is 14.8 Å². The Bertz CT molecular complexity index is 879. The van der Waals surface area contributed by atoms with E-state index in [1.807, 2.05) is 36.4 Å². The number of halogens is 1. The van der Waals surface area contributed by atoms with Crippen LogP contribution in [0.3, 0.4) is 0 Å². The molecule has 0 fully saturated rings. The minimum Gasteiger partial charge on any atom is -0.497 e. The molecule has 1 amide bonds. The molecule has 5 nitrogen and oxygen atoms in total. The first-order valence-electron chi connectivity index (χ1n) is 8.32. The van der Waals surface area contributed by atoms with Gasteiger partial charge in [0.1, 0.15) is 18.2 Å². The van der Waals surface area contributed by atoms with Gasteiger partial charge in [-0.1, -0.05) is 12.1 Å². The molecule has 0 aliphatic heterocycles. The van der Waals surface area contributed by atoms with E-state index in [1.165, 1.54) is 12.1 Å². The van der Waals surface area contributed by atoms with Crippen LogP contribution < -0.4 is 15.4 Å². The fraction of sp³-hybridized carbons (Fsp3) is 0.0952. The molecule has 0 heterocycles. The summed E-state index contributed by atoms with van der Waals surface area (Å²) in [5.41, 5.74) is 3.13. The van der Waals surface area contributed by atoms with Crippen molar-refractivity contribution >= 4 is 23.2 Å². The summed E-state index contributed by atoms with van der Waals surface area (Å²) < 4.78 is 23.1. The zero-order valence-electron chi connectivity index (χ0n) is 14.7. The number of rotatable bonds is 6. The Morgan fingerprint density at radius 3 is 2.00 bits per heavy atom. The standard InChI is InChI=1S/C21H19FN2O3/c1-26-20-12-10-18(11-13-20)23-17-6-8-19(9-7-17)24-21(25)27-14-15-2-4-16(22)5-3-15/h2-13,23H,14H2,1H3,(H,24,25).